The van der Waals surface area contributed by atoms with E-state index in [4.69, 9.17) is 9.72 Å². The number of anilines is 2. The van der Waals surface area contributed by atoms with Gasteiger partial charge in [-0.25, -0.2) is 4.98 Å². The molecule has 9 aromatic rings. The van der Waals surface area contributed by atoms with Crippen molar-refractivity contribution in [1.29, 1.82) is 0 Å². The molecule has 7 aromatic carbocycles. The number of fused-ring (bicyclic) bond motifs is 3. The van der Waals surface area contributed by atoms with Crippen LogP contribution in [0.1, 0.15) is 72.1 Å². The van der Waals surface area contributed by atoms with Crippen molar-refractivity contribution in [2.24, 2.45) is 5.41 Å². The fourth-order valence-corrected chi connectivity index (χ4v) is 9.05. The summed E-state index contributed by atoms with van der Waals surface area (Å²) in [5, 5.41) is 2.20. The zero-order valence-electron chi connectivity index (χ0n) is 39.4. The SMILES string of the molecule is CC(C)(C)C1=CN(c2cccc(C(C)(C)c3ccccc3)c2)[CH-]N1c1[c-]c(Oc2[c-]c3c(cc2)c2cc(-c4ccccc4)ccc2n3-c2cc(C(C)(C)C)ccn2)cc(-c2ccccc2)c1.[Pt]. The van der Waals surface area contributed by atoms with Crippen LogP contribution in [-0.4, -0.2) is 9.55 Å². The van der Waals surface area contributed by atoms with Crippen LogP contribution in [0.3, 0.4) is 0 Å². The molecule has 6 heteroatoms. The number of allylic oxidation sites excluding steroid dienone is 1. The van der Waals surface area contributed by atoms with Crippen LogP contribution in [0.2, 0.25) is 0 Å². The Labute approximate surface area is 410 Å². The zero-order valence-corrected chi connectivity index (χ0v) is 41.7. The first-order valence-electron chi connectivity index (χ1n) is 22.9. The van der Waals surface area contributed by atoms with Gasteiger partial charge in [-0.2, -0.15) is 6.07 Å². The van der Waals surface area contributed by atoms with Crippen LogP contribution in [0.4, 0.5) is 11.4 Å². The molecule has 0 saturated carbocycles. The Morgan fingerprint density at radius 1 is 0.522 bits per heavy atom. The van der Waals surface area contributed by atoms with E-state index in [2.05, 4.69) is 259 Å². The molecular weight excluding hydrogens is 1000 g/mol. The number of benzene rings is 7. The Bertz CT molecular complexity index is 3250. The van der Waals surface area contributed by atoms with Crippen LogP contribution in [-0.2, 0) is 31.9 Å². The molecule has 0 spiro atoms. The second-order valence-corrected chi connectivity index (χ2v) is 20.0. The van der Waals surface area contributed by atoms with Gasteiger partial charge < -0.3 is 19.1 Å². The predicted octanol–water partition coefficient (Wildman–Crippen LogP) is 15.9. The predicted molar refractivity (Wildman–Crippen MR) is 274 cm³/mol. The Hall–Kier alpha value is -6.68. The summed E-state index contributed by atoms with van der Waals surface area (Å²) < 4.78 is 9.14. The molecule has 0 unspecified atom stereocenters. The molecule has 338 valence electrons. The number of aromatic nitrogens is 2. The van der Waals surface area contributed by atoms with Crippen molar-refractivity contribution < 1.29 is 25.8 Å². The Morgan fingerprint density at radius 2 is 1.19 bits per heavy atom. The molecule has 2 aromatic heterocycles. The minimum Gasteiger partial charge on any atom is -0.509 e. The Balaban J connectivity index is 0.00000562. The van der Waals surface area contributed by atoms with Crippen molar-refractivity contribution in [2.45, 2.75) is 66.2 Å². The summed E-state index contributed by atoms with van der Waals surface area (Å²) in [6.07, 6.45) is 4.17. The first-order chi connectivity index (χ1) is 31.7. The van der Waals surface area contributed by atoms with Crippen molar-refractivity contribution in [1.82, 2.24) is 9.55 Å². The van der Waals surface area contributed by atoms with Crippen molar-refractivity contribution in [3.8, 4) is 39.6 Å². The second kappa shape index (κ2) is 17.8. The average Bonchev–Trinajstić information content (AvgIpc) is 3.93. The van der Waals surface area contributed by atoms with Crippen molar-refractivity contribution in [2.75, 3.05) is 9.80 Å². The molecule has 0 aliphatic carbocycles. The summed E-state index contributed by atoms with van der Waals surface area (Å²) in [5.41, 5.74) is 12.8. The average molecular weight is 1060 g/mol. The summed E-state index contributed by atoms with van der Waals surface area (Å²) in [7, 11) is 0. The van der Waals surface area contributed by atoms with Gasteiger partial charge in [0.15, 0.2) is 0 Å². The van der Waals surface area contributed by atoms with E-state index in [-0.39, 0.29) is 37.3 Å². The number of ether oxygens (including phenoxy) is 1. The molecule has 1 aliphatic rings. The number of rotatable bonds is 9. The second-order valence-electron chi connectivity index (χ2n) is 20.0. The molecule has 10 rings (SSSR count). The van der Waals surface area contributed by atoms with Crippen molar-refractivity contribution in [3.63, 3.8) is 0 Å². The van der Waals surface area contributed by atoms with E-state index in [1.165, 1.54) is 22.3 Å². The maximum absolute atomic E-state index is 6.92. The van der Waals surface area contributed by atoms with Crippen LogP contribution in [0, 0.1) is 24.2 Å². The van der Waals surface area contributed by atoms with Gasteiger partial charge in [-0.3, -0.25) is 0 Å². The minimum atomic E-state index is -0.200. The molecule has 5 nitrogen and oxygen atoms in total. The van der Waals surface area contributed by atoms with E-state index >= 15 is 0 Å². The summed E-state index contributed by atoms with van der Waals surface area (Å²) in [6, 6.07) is 67.6. The van der Waals surface area contributed by atoms with E-state index < -0.39 is 0 Å². The monoisotopic (exact) mass is 1050 g/mol. The van der Waals surface area contributed by atoms with Gasteiger partial charge in [0, 0.05) is 66.5 Å². The fraction of sp³-hybridized carbons (Fsp3) is 0.180. The first-order valence-corrected chi connectivity index (χ1v) is 22.9. The summed E-state index contributed by atoms with van der Waals surface area (Å²) in [5.74, 6) is 2.02. The molecule has 0 atom stereocenters. The molecule has 1 aliphatic heterocycles. The maximum atomic E-state index is 6.92. The number of hydrogen-bond donors (Lipinski definition) is 0. The van der Waals surface area contributed by atoms with Gasteiger partial charge in [0.25, 0.3) is 0 Å². The maximum Gasteiger partial charge on any atom is 0.135 e. The van der Waals surface area contributed by atoms with E-state index in [0.29, 0.717) is 11.5 Å². The van der Waals surface area contributed by atoms with Crippen LogP contribution < -0.4 is 14.5 Å². The van der Waals surface area contributed by atoms with Gasteiger partial charge in [0.1, 0.15) is 5.82 Å². The number of hydrogen-bond acceptors (Lipinski definition) is 4. The van der Waals surface area contributed by atoms with E-state index in [9.17, 15) is 0 Å². The molecule has 0 fully saturated rings. The van der Waals surface area contributed by atoms with Crippen molar-refractivity contribution in [3.05, 3.63) is 223 Å². The van der Waals surface area contributed by atoms with Gasteiger partial charge in [-0.15, -0.1) is 53.6 Å². The summed E-state index contributed by atoms with van der Waals surface area (Å²) >= 11 is 0. The molecule has 67 heavy (non-hydrogen) atoms. The van der Waals surface area contributed by atoms with Gasteiger partial charge in [-0.1, -0.05) is 176 Å². The molecule has 0 amide bonds. The third-order valence-electron chi connectivity index (χ3n) is 12.9. The van der Waals surface area contributed by atoms with E-state index in [1.807, 2.05) is 12.3 Å². The topological polar surface area (TPSA) is 33.5 Å². The normalized spacial score (nSPS) is 13.2. The standard InChI is InChI=1S/C61H55N4O.Pt/c1-59(2,3)47-31-32-62-58(37-47)65-55-30-27-44(42-19-12-9-13-20-42)35-54(55)53-29-28-51(39-56(53)65)66-52-34-45(43-21-14-10-15-22-43)33-50(38-52)64-41-63(40-57(64)60(4,5)6)49-26-18-25-48(36-49)61(7,8)46-23-16-11-17-24-46;/h9-37,40-41H,1-8H3;/q-3;. The largest absolute Gasteiger partial charge is 0.509 e. The number of pyridine rings is 1. The van der Waals surface area contributed by atoms with Crippen LogP contribution in [0.25, 0.3) is 49.9 Å². The van der Waals surface area contributed by atoms with E-state index in [1.54, 1.807) is 0 Å². The molecule has 0 N–H and O–H groups in total. The van der Waals surface area contributed by atoms with Crippen LogP contribution in [0.15, 0.2) is 188 Å². The van der Waals surface area contributed by atoms with Crippen LogP contribution in [0.5, 0.6) is 11.5 Å². The van der Waals surface area contributed by atoms with Crippen molar-refractivity contribution >= 4 is 33.2 Å². The fourth-order valence-electron chi connectivity index (χ4n) is 9.05. The third-order valence-corrected chi connectivity index (χ3v) is 12.9. The zero-order chi connectivity index (χ0) is 45.8. The Morgan fingerprint density at radius 3 is 1.88 bits per heavy atom. The quantitative estimate of drug-likeness (QED) is 0.135. The van der Waals surface area contributed by atoms with Gasteiger partial charge >= 0.3 is 0 Å². The van der Waals surface area contributed by atoms with Gasteiger partial charge in [-0.05, 0) is 80.7 Å². The Kier molecular flexibility index (Phi) is 12.1. The summed E-state index contributed by atoms with van der Waals surface area (Å²) in [6.45, 7) is 20.2. The molecule has 0 bridgehead atoms. The van der Waals surface area contributed by atoms with E-state index in [0.717, 1.165) is 61.4 Å². The van der Waals surface area contributed by atoms with Gasteiger partial charge in [0.2, 0.25) is 0 Å². The number of nitrogens with zero attached hydrogens (tertiary/aromatic N) is 4. The first kappa shape index (κ1) is 45.5. The molecule has 0 saturated heterocycles. The smallest absolute Gasteiger partial charge is 0.135 e. The summed E-state index contributed by atoms with van der Waals surface area (Å²) in [4.78, 5) is 9.45. The molecule has 0 radical (unpaired) electrons. The van der Waals surface area contributed by atoms with Crippen LogP contribution >= 0.6 is 0 Å². The molecule has 3 heterocycles. The third kappa shape index (κ3) is 8.98. The van der Waals surface area contributed by atoms with Gasteiger partial charge in [0.05, 0.1) is 0 Å². The molecular formula is C61H55N4OPt-3. The minimum absolute atomic E-state index is 0.